The van der Waals surface area contributed by atoms with Crippen molar-refractivity contribution in [3.05, 3.63) is 64.7 Å². The molecule has 2 aromatic carbocycles. The summed E-state index contributed by atoms with van der Waals surface area (Å²) in [7, 11) is 0. The van der Waals surface area contributed by atoms with Crippen molar-refractivity contribution in [3.63, 3.8) is 0 Å². The number of hydrogen-bond acceptors (Lipinski definition) is 3. The maximum Gasteiger partial charge on any atom is 0.416 e. The average molecular weight is 554 g/mol. The maximum absolute atomic E-state index is 13.2. The lowest BCUT2D eigenvalue weighted by atomic mass is 10.0. The lowest BCUT2D eigenvalue weighted by Gasteiger charge is -2.48. The van der Waals surface area contributed by atoms with Gasteiger partial charge in [0, 0.05) is 57.5 Å². The molecule has 0 aliphatic carbocycles. The lowest BCUT2D eigenvalue weighted by Crippen LogP contribution is -2.64. The first-order valence-electron chi connectivity index (χ1n) is 11.6. The molecule has 2 aromatic rings. The van der Waals surface area contributed by atoms with E-state index in [2.05, 4.69) is 10.2 Å². The maximum atomic E-state index is 13.2. The summed E-state index contributed by atoms with van der Waals surface area (Å²) in [4.78, 5) is 17.7. The molecule has 2 aliphatic rings. The second-order valence-electron chi connectivity index (χ2n) is 9.25. The van der Waals surface area contributed by atoms with Crippen LogP contribution in [0.3, 0.4) is 0 Å². The van der Waals surface area contributed by atoms with E-state index < -0.39 is 46.9 Å². The van der Waals surface area contributed by atoms with Gasteiger partial charge in [0.05, 0.1) is 16.7 Å². The number of hydrogen-bond donors (Lipinski definition) is 1. The molecule has 0 unspecified atom stereocenters. The summed E-state index contributed by atoms with van der Waals surface area (Å²) < 4.78 is 118. The van der Waals surface area contributed by atoms with Crippen LogP contribution in [-0.2, 0) is 25.1 Å². The van der Waals surface area contributed by atoms with Crippen LogP contribution in [0.1, 0.15) is 22.3 Å². The minimum atomic E-state index is -5.03. The van der Waals surface area contributed by atoms with Crippen molar-refractivity contribution in [1.82, 2.24) is 14.7 Å². The molecule has 0 aromatic heterocycles. The highest BCUT2D eigenvalue weighted by Gasteiger charge is 2.39. The van der Waals surface area contributed by atoms with Crippen LogP contribution in [0, 0.1) is 0 Å². The quantitative estimate of drug-likeness (QED) is 0.488. The summed E-state index contributed by atoms with van der Waals surface area (Å²) in [5.74, 6) is 0. The van der Waals surface area contributed by atoms with Crippen molar-refractivity contribution in [3.8, 4) is 0 Å². The number of benzene rings is 2. The Morgan fingerprint density at radius 1 is 0.789 bits per heavy atom. The Bertz CT molecular complexity index is 1120. The molecule has 0 saturated carbocycles. The van der Waals surface area contributed by atoms with Gasteiger partial charge >= 0.3 is 24.6 Å². The number of rotatable bonds is 4. The summed E-state index contributed by atoms with van der Waals surface area (Å²) in [6.45, 7) is 2.65. The molecule has 0 bridgehead atoms. The molecule has 5 nitrogen and oxygen atoms in total. The number of anilines is 1. The van der Waals surface area contributed by atoms with E-state index in [0.29, 0.717) is 38.3 Å². The second-order valence-corrected chi connectivity index (χ2v) is 9.25. The molecule has 1 N–H and O–H groups in total. The third kappa shape index (κ3) is 6.52. The van der Waals surface area contributed by atoms with Crippen molar-refractivity contribution >= 4 is 11.7 Å². The minimum absolute atomic E-state index is 0.0172. The number of carbonyl (C=O) groups excluding carboxylic acids is 1. The summed E-state index contributed by atoms with van der Waals surface area (Å²) in [5.41, 5.74) is -4.16. The monoisotopic (exact) mass is 554 g/mol. The van der Waals surface area contributed by atoms with Gasteiger partial charge in [-0.2, -0.15) is 39.5 Å². The Labute approximate surface area is 211 Å². The van der Waals surface area contributed by atoms with Crippen molar-refractivity contribution in [2.45, 2.75) is 31.1 Å². The third-order valence-electron chi connectivity index (χ3n) is 6.63. The molecule has 4 rings (SSSR count). The minimum Gasteiger partial charge on any atom is -0.321 e. The van der Waals surface area contributed by atoms with Gasteiger partial charge in [-0.15, -0.1) is 0 Å². The smallest absolute Gasteiger partial charge is 0.321 e. The van der Waals surface area contributed by atoms with Crippen LogP contribution in [-0.4, -0.2) is 66.0 Å². The molecule has 208 valence electrons. The molecule has 2 fully saturated rings. The summed E-state index contributed by atoms with van der Waals surface area (Å²) in [5, 5.41) is 2.11. The molecular formula is C24H23F9N4O. The molecule has 0 spiro atoms. The number of urea groups is 1. The number of piperazine rings is 1. The Morgan fingerprint density at radius 2 is 1.34 bits per heavy atom. The molecular weight excluding hydrogens is 531 g/mol. The molecule has 2 heterocycles. The first kappa shape index (κ1) is 28.0. The summed E-state index contributed by atoms with van der Waals surface area (Å²) >= 11 is 0. The first-order valence-corrected chi connectivity index (χ1v) is 11.6. The number of likely N-dealkylation sites (tertiary alicyclic amines) is 1. The third-order valence-corrected chi connectivity index (χ3v) is 6.63. The number of carbonyl (C=O) groups is 1. The van der Waals surface area contributed by atoms with Crippen molar-refractivity contribution in [2.24, 2.45) is 0 Å². The van der Waals surface area contributed by atoms with E-state index in [1.165, 1.54) is 17.0 Å². The number of nitrogens with zero attached hydrogens (tertiary/aromatic N) is 3. The fourth-order valence-corrected chi connectivity index (χ4v) is 4.54. The molecule has 2 amide bonds. The molecule has 14 heteroatoms. The van der Waals surface area contributed by atoms with Crippen molar-refractivity contribution in [1.29, 1.82) is 0 Å². The molecule has 0 radical (unpaired) electrons. The highest BCUT2D eigenvalue weighted by Crippen LogP contribution is 2.38. The van der Waals surface area contributed by atoms with Gasteiger partial charge in [-0.25, -0.2) is 4.79 Å². The van der Waals surface area contributed by atoms with Gasteiger partial charge in [0.1, 0.15) is 0 Å². The lowest BCUT2D eigenvalue weighted by molar-refractivity contribution is -0.143. The molecule has 0 atom stereocenters. The van der Waals surface area contributed by atoms with E-state index in [1.54, 1.807) is 6.07 Å². The van der Waals surface area contributed by atoms with Gasteiger partial charge < -0.3 is 10.2 Å². The van der Waals surface area contributed by atoms with E-state index in [-0.39, 0.29) is 37.3 Å². The number of amides is 2. The zero-order valence-corrected chi connectivity index (χ0v) is 19.7. The number of halogens is 9. The highest BCUT2D eigenvalue weighted by atomic mass is 19.4. The van der Waals surface area contributed by atoms with Crippen molar-refractivity contribution < 1.29 is 44.3 Å². The normalized spacial score (nSPS) is 18.4. The standard InChI is InChI=1S/C24H23F9N4O/c25-22(26,27)16-9-17(23(28,29)30)11-18(10-16)34-21(38)37-13-19(14-37)36-7-5-35(6-8-36)12-15-3-1-2-4-20(15)24(31,32)33/h1-4,9-11,19H,5-8,12-14H2,(H,34,38). The summed E-state index contributed by atoms with van der Waals surface area (Å²) in [6, 6.07) is 5.36. The van der Waals surface area contributed by atoms with Crippen LogP contribution in [0.5, 0.6) is 0 Å². The number of nitrogens with one attached hydrogen (secondary N) is 1. The topological polar surface area (TPSA) is 38.8 Å². The molecule has 38 heavy (non-hydrogen) atoms. The summed E-state index contributed by atoms with van der Waals surface area (Å²) in [6.07, 6.45) is -14.5. The van der Waals surface area contributed by atoms with Crippen LogP contribution in [0.4, 0.5) is 50.0 Å². The predicted molar refractivity (Wildman–Crippen MR) is 119 cm³/mol. The van der Waals surface area contributed by atoms with Gasteiger partial charge in [0.15, 0.2) is 0 Å². The van der Waals surface area contributed by atoms with Gasteiger partial charge in [-0.3, -0.25) is 9.80 Å². The Hall–Kier alpha value is -3.00. The Balaban J connectivity index is 1.29. The zero-order valence-electron chi connectivity index (χ0n) is 19.7. The number of alkyl halides is 9. The average Bonchev–Trinajstić information content (AvgIpc) is 2.77. The predicted octanol–water partition coefficient (Wildman–Crippen LogP) is 5.78. The van der Waals surface area contributed by atoms with E-state index in [0.717, 1.165) is 6.07 Å². The van der Waals surface area contributed by atoms with Gasteiger partial charge in [-0.05, 0) is 29.8 Å². The van der Waals surface area contributed by atoms with E-state index in [9.17, 15) is 44.3 Å². The van der Waals surface area contributed by atoms with E-state index in [4.69, 9.17) is 0 Å². The molecule has 2 aliphatic heterocycles. The van der Waals surface area contributed by atoms with Crippen LogP contribution in [0.2, 0.25) is 0 Å². The molecule has 2 saturated heterocycles. The van der Waals surface area contributed by atoms with E-state index in [1.807, 2.05) is 4.90 Å². The Kier molecular flexibility index (Phi) is 7.58. The van der Waals surface area contributed by atoms with Gasteiger partial charge in [-0.1, -0.05) is 18.2 Å². The van der Waals surface area contributed by atoms with Crippen LogP contribution < -0.4 is 5.32 Å². The Morgan fingerprint density at radius 3 is 1.87 bits per heavy atom. The van der Waals surface area contributed by atoms with Gasteiger partial charge in [0.2, 0.25) is 0 Å². The van der Waals surface area contributed by atoms with Crippen molar-refractivity contribution in [2.75, 3.05) is 44.6 Å². The largest absolute Gasteiger partial charge is 0.416 e. The van der Waals surface area contributed by atoms with Crippen LogP contribution >= 0.6 is 0 Å². The fraction of sp³-hybridized carbons (Fsp3) is 0.458. The highest BCUT2D eigenvalue weighted by molar-refractivity contribution is 5.90. The van der Waals surface area contributed by atoms with E-state index >= 15 is 0 Å². The second kappa shape index (κ2) is 10.3. The SMILES string of the molecule is O=C(Nc1cc(C(F)(F)F)cc(C(F)(F)F)c1)N1CC(N2CCN(Cc3ccccc3C(F)(F)F)CC2)C1. The fourth-order valence-electron chi connectivity index (χ4n) is 4.54. The van der Waals surface area contributed by atoms with Crippen LogP contribution in [0.25, 0.3) is 0 Å². The van der Waals surface area contributed by atoms with Gasteiger partial charge in [0.25, 0.3) is 0 Å². The zero-order chi connectivity index (χ0) is 27.9. The van der Waals surface area contributed by atoms with Crippen LogP contribution in [0.15, 0.2) is 42.5 Å². The first-order chi connectivity index (χ1) is 17.6.